The SMILES string of the molecule is Cc1ccc2nc(CSCC(=O)NC3CNCCC3C)cn2c1. The minimum atomic E-state index is 0.121. The van der Waals surface area contributed by atoms with Crippen molar-refractivity contribution < 1.29 is 4.79 Å². The van der Waals surface area contributed by atoms with Crippen molar-refractivity contribution in [2.75, 3.05) is 18.8 Å². The summed E-state index contributed by atoms with van der Waals surface area (Å²) in [6.45, 7) is 6.20. The zero-order chi connectivity index (χ0) is 16.2. The highest BCUT2D eigenvalue weighted by Gasteiger charge is 2.22. The van der Waals surface area contributed by atoms with E-state index in [1.807, 2.05) is 16.7 Å². The Hall–Kier alpha value is -1.53. The molecule has 2 aromatic heterocycles. The molecule has 3 heterocycles. The van der Waals surface area contributed by atoms with Gasteiger partial charge in [-0.15, -0.1) is 11.8 Å². The number of aryl methyl sites for hydroxylation is 1. The van der Waals surface area contributed by atoms with Gasteiger partial charge in [0.1, 0.15) is 5.65 Å². The molecule has 2 aromatic rings. The first-order chi connectivity index (χ1) is 11.1. The van der Waals surface area contributed by atoms with E-state index in [2.05, 4.69) is 41.7 Å². The van der Waals surface area contributed by atoms with E-state index < -0.39 is 0 Å². The number of rotatable bonds is 5. The van der Waals surface area contributed by atoms with Gasteiger partial charge in [0.2, 0.25) is 5.91 Å². The maximum atomic E-state index is 12.1. The van der Waals surface area contributed by atoms with Crippen molar-refractivity contribution in [2.24, 2.45) is 5.92 Å². The molecule has 0 bridgehead atoms. The molecule has 0 saturated carbocycles. The molecule has 124 valence electrons. The molecule has 3 rings (SSSR count). The topological polar surface area (TPSA) is 58.4 Å². The van der Waals surface area contributed by atoms with E-state index in [1.165, 1.54) is 5.56 Å². The highest BCUT2D eigenvalue weighted by molar-refractivity contribution is 7.99. The molecule has 0 radical (unpaired) electrons. The summed E-state index contributed by atoms with van der Waals surface area (Å²) in [5.74, 6) is 1.91. The smallest absolute Gasteiger partial charge is 0.230 e. The number of nitrogens with one attached hydrogen (secondary N) is 2. The lowest BCUT2D eigenvalue weighted by molar-refractivity contribution is -0.119. The quantitative estimate of drug-likeness (QED) is 0.879. The minimum absolute atomic E-state index is 0.121. The molecule has 2 N–H and O–H groups in total. The van der Waals surface area contributed by atoms with Crippen molar-refractivity contribution >= 4 is 23.3 Å². The first-order valence-corrected chi connectivity index (χ1v) is 9.29. The van der Waals surface area contributed by atoms with Crippen LogP contribution in [0.5, 0.6) is 0 Å². The minimum Gasteiger partial charge on any atom is -0.351 e. The second-order valence-electron chi connectivity index (χ2n) is 6.34. The van der Waals surface area contributed by atoms with Crippen LogP contribution in [-0.4, -0.2) is 40.2 Å². The van der Waals surface area contributed by atoms with Crippen molar-refractivity contribution in [3.8, 4) is 0 Å². The molecule has 23 heavy (non-hydrogen) atoms. The summed E-state index contributed by atoms with van der Waals surface area (Å²) in [5.41, 5.74) is 3.18. The fourth-order valence-corrected chi connectivity index (χ4v) is 3.62. The summed E-state index contributed by atoms with van der Waals surface area (Å²) in [7, 11) is 0. The van der Waals surface area contributed by atoms with Crippen LogP contribution in [0, 0.1) is 12.8 Å². The molecular formula is C17H24N4OS. The van der Waals surface area contributed by atoms with Crippen LogP contribution in [0.1, 0.15) is 24.6 Å². The summed E-state index contributed by atoms with van der Waals surface area (Å²) in [6, 6.07) is 4.34. The van der Waals surface area contributed by atoms with Crippen molar-refractivity contribution in [1.29, 1.82) is 0 Å². The average Bonchev–Trinajstić information content (AvgIpc) is 2.91. The van der Waals surface area contributed by atoms with Gasteiger partial charge in [0.25, 0.3) is 0 Å². The number of nitrogens with zero attached hydrogens (tertiary/aromatic N) is 2. The zero-order valence-corrected chi connectivity index (χ0v) is 14.5. The lowest BCUT2D eigenvalue weighted by Crippen LogP contribution is -2.50. The second kappa shape index (κ2) is 7.36. The summed E-state index contributed by atoms with van der Waals surface area (Å²) in [6.07, 6.45) is 5.24. The van der Waals surface area contributed by atoms with Crippen molar-refractivity contribution in [1.82, 2.24) is 20.0 Å². The normalized spacial score (nSPS) is 21.5. The molecule has 0 spiro atoms. The van der Waals surface area contributed by atoms with E-state index in [0.717, 1.165) is 36.6 Å². The summed E-state index contributed by atoms with van der Waals surface area (Å²) < 4.78 is 2.04. The predicted octanol–water partition coefficient (Wildman–Crippen LogP) is 1.99. The number of thioether (sulfide) groups is 1. The first kappa shape index (κ1) is 16.3. The molecule has 1 amide bonds. The standard InChI is InChI=1S/C17H24N4OS/c1-12-3-4-16-19-14(9-21(16)8-12)10-23-11-17(22)20-15-7-18-6-5-13(15)2/h3-4,8-9,13,15,18H,5-7,10-11H2,1-2H3,(H,20,22). The Morgan fingerprint density at radius 1 is 1.48 bits per heavy atom. The third-order valence-electron chi connectivity index (χ3n) is 4.31. The maximum Gasteiger partial charge on any atom is 0.230 e. The van der Waals surface area contributed by atoms with Crippen molar-refractivity contribution in [3.05, 3.63) is 35.8 Å². The number of imidazole rings is 1. The Bertz CT molecular complexity index is 684. The Kier molecular flexibility index (Phi) is 5.23. The molecular weight excluding hydrogens is 308 g/mol. The number of pyridine rings is 1. The largest absolute Gasteiger partial charge is 0.351 e. The number of carbonyl (C=O) groups is 1. The van der Waals surface area contributed by atoms with Crippen LogP contribution in [0.2, 0.25) is 0 Å². The fourth-order valence-electron chi connectivity index (χ4n) is 2.90. The predicted molar refractivity (Wildman–Crippen MR) is 94.7 cm³/mol. The van der Waals surface area contributed by atoms with Crippen LogP contribution in [0.4, 0.5) is 0 Å². The molecule has 0 aromatic carbocycles. The van der Waals surface area contributed by atoms with Crippen LogP contribution >= 0.6 is 11.8 Å². The number of fused-ring (bicyclic) bond motifs is 1. The zero-order valence-electron chi connectivity index (χ0n) is 13.7. The molecule has 1 fully saturated rings. The molecule has 2 unspecified atom stereocenters. The molecule has 5 nitrogen and oxygen atoms in total. The Labute approximate surface area is 141 Å². The molecule has 1 saturated heterocycles. The number of aromatic nitrogens is 2. The molecule has 1 aliphatic heterocycles. The highest BCUT2D eigenvalue weighted by Crippen LogP contribution is 2.15. The van der Waals surface area contributed by atoms with Gasteiger partial charge < -0.3 is 15.0 Å². The second-order valence-corrected chi connectivity index (χ2v) is 7.33. The number of hydrogen-bond acceptors (Lipinski definition) is 4. The van der Waals surface area contributed by atoms with E-state index in [-0.39, 0.29) is 11.9 Å². The third kappa shape index (κ3) is 4.26. The Morgan fingerprint density at radius 2 is 2.35 bits per heavy atom. The number of carbonyl (C=O) groups excluding carboxylic acids is 1. The van der Waals surface area contributed by atoms with Gasteiger partial charge in [0.05, 0.1) is 11.4 Å². The lowest BCUT2D eigenvalue weighted by atomic mass is 9.95. The fraction of sp³-hybridized carbons (Fsp3) is 0.529. The monoisotopic (exact) mass is 332 g/mol. The third-order valence-corrected chi connectivity index (χ3v) is 5.27. The number of hydrogen-bond donors (Lipinski definition) is 2. The maximum absolute atomic E-state index is 12.1. The average molecular weight is 332 g/mol. The molecule has 1 aliphatic rings. The van der Waals surface area contributed by atoms with Gasteiger partial charge in [0.15, 0.2) is 0 Å². The van der Waals surface area contributed by atoms with E-state index in [4.69, 9.17) is 0 Å². The van der Waals surface area contributed by atoms with Crippen molar-refractivity contribution in [3.63, 3.8) is 0 Å². The van der Waals surface area contributed by atoms with Crippen LogP contribution < -0.4 is 10.6 Å². The van der Waals surface area contributed by atoms with E-state index in [9.17, 15) is 4.79 Å². The van der Waals surface area contributed by atoms with Gasteiger partial charge in [-0.25, -0.2) is 4.98 Å². The van der Waals surface area contributed by atoms with E-state index in [1.54, 1.807) is 11.8 Å². The van der Waals surface area contributed by atoms with E-state index >= 15 is 0 Å². The van der Waals surface area contributed by atoms with Crippen LogP contribution in [-0.2, 0) is 10.5 Å². The Balaban J connectivity index is 1.47. The van der Waals surface area contributed by atoms with Crippen LogP contribution in [0.3, 0.4) is 0 Å². The van der Waals surface area contributed by atoms with E-state index in [0.29, 0.717) is 11.7 Å². The van der Waals surface area contributed by atoms with Gasteiger partial charge in [-0.05, 0) is 37.4 Å². The van der Waals surface area contributed by atoms with Gasteiger partial charge in [-0.2, -0.15) is 0 Å². The Morgan fingerprint density at radius 3 is 3.17 bits per heavy atom. The summed E-state index contributed by atoms with van der Waals surface area (Å²) in [4.78, 5) is 16.7. The van der Waals surface area contributed by atoms with Gasteiger partial charge in [0, 0.05) is 30.7 Å². The van der Waals surface area contributed by atoms with Crippen molar-refractivity contribution in [2.45, 2.75) is 32.1 Å². The molecule has 6 heteroatoms. The molecule has 2 atom stereocenters. The summed E-state index contributed by atoms with van der Waals surface area (Å²) >= 11 is 1.62. The highest BCUT2D eigenvalue weighted by atomic mass is 32.2. The van der Waals surface area contributed by atoms with Crippen LogP contribution in [0.15, 0.2) is 24.5 Å². The van der Waals surface area contributed by atoms with Gasteiger partial charge in [-0.3, -0.25) is 4.79 Å². The first-order valence-electron chi connectivity index (χ1n) is 8.14. The number of piperidine rings is 1. The number of amides is 1. The summed E-state index contributed by atoms with van der Waals surface area (Å²) in [5, 5.41) is 6.48. The van der Waals surface area contributed by atoms with Crippen LogP contribution in [0.25, 0.3) is 5.65 Å². The molecule has 0 aliphatic carbocycles. The van der Waals surface area contributed by atoms with Gasteiger partial charge in [-0.1, -0.05) is 13.0 Å². The lowest BCUT2D eigenvalue weighted by Gasteiger charge is -2.30. The van der Waals surface area contributed by atoms with Gasteiger partial charge >= 0.3 is 0 Å².